The van der Waals surface area contributed by atoms with E-state index in [1.54, 1.807) is 20.4 Å². The second-order valence-electron chi connectivity index (χ2n) is 7.11. The number of nitrogens with zero attached hydrogens (tertiary/aromatic N) is 5. The highest BCUT2D eigenvalue weighted by atomic mass is 16.5. The van der Waals surface area contributed by atoms with Gasteiger partial charge in [0.1, 0.15) is 5.52 Å². The van der Waals surface area contributed by atoms with Crippen LogP contribution in [0.25, 0.3) is 11.2 Å². The molecule has 2 fully saturated rings. The number of hydrogen-bond acceptors (Lipinski definition) is 7. The maximum absolute atomic E-state index is 5.61. The van der Waals surface area contributed by atoms with E-state index in [1.165, 1.54) is 0 Å². The normalized spacial score (nSPS) is 24.2. The summed E-state index contributed by atoms with van der Waals surface area (Å²) >= 11 is 0. The first-order valence-electron chi connectivity index (χ1n) is 9.46. The van der Waals surface area contributed by atoms with Crippen LogP contribution in [0, 0.1) is 0 Å². The Morgan fingerprint density at radius 2 is 1.54 bits per heavy atom. The van der Waals surface area contributed by atoms with Gasteiger partial charge in [-0.3, -0.25) is 0 Å². The molecule has 2 aliphatic heterocycles. The molecule has 7 nitrogen and oxygen atoms in total. The number of pyridine rings is 1. The van der Waals surface area contributed by atoms with Crippen molar-refractivity contribution in [3.63, 3.8) is 0 Å². The summed E-state index contributed by atoms with van der Waals surface area (Å²) in [6.07, 6.45) is 6.65. The van der Waals surface area contributed by atoms with Crippen molar-refractivity contribution in [1.82, 2.24) is 15.0 Å². The highest BCUT2D eigenvalue weighted by Crippen LogP contribution is 2.32. The van der Waals surface area contributed by atoms with E-state index >= 15 is 0 Å². The zero-order valence-corrected chi connectivity index (χ0v) is 15.6. The molecule has 0 aliphatic carbocycles. The number of methoxy groups -OCH3 is 2. The van der Waals surface area contributed by atoms with Crippen molar-refractivity contribution in [1.29, 1.82) is 0 Å². The molecule has 0 bridgehead atoms. The number of hydrogen-bond donors (Lipinski definition) is 0. The highest BCUT2D eigenvalue weighted by molar-refractivity contribution is 5.78. The maximum atomic E-state index is 5.61. The molecule has 2 aliphatic rings. The molecule has 4 rings (SSSR count). The van der Waals surface area contributed by atoms with Gasteiger partial charge in [-0.05, 0) is 37.8 Å². The number of aromatic nitrogens is 3. The van der Waals surface area contributed by atoms with Gasteiger partial charge >= 0.3 is 0 Å². The topological polar surface area (TPSA) is 63.6 Å². The maximum Gasteiger partial charge on any atom is 0.180 e. The van der Waals surface area contributed by atoms with E-state index in [9.17, 15) is 0 Å². The fraction of sp³-hybridized carbons (Fsp3) is 0.632. The summed E-state index contributed by atoms with van der Waals surface area (Å²) in [4.78, 5) is 18.9. The molecule has 0 N–H and O–H groups in total. The van der Waals surface area contributed by atoms with Gasteiger partial charge in [0.15, 0.2) is 17.3 Å². The third-order valence-electron chi connectivity index (χ3n) is 5.43. The molecule has 0 radical (unpaired) electrons. The molecule has 7 heteroatoms. The number of fused-ring (bicyclic) bond motifs is 1. The SMILES string of the molecule is COC1CCCN(c2nc3cccnc3nc2N2CCCC(OC)C2)C1. The Hall–Kier alpha value is -1.99. The lowest BCUT2D eigenvalue weighted by molar-refractivity contribution is 0.0879. The Bertz CT molecular complexity index is 693. The Morgan fingerprint density at radius 1 is 0.923 bits per heavy atom. The lowest BCUT2D eigenvalue weighted by Crippen LogP contribution is -2.43. The van der Waals surface area contributed by atoms with Gasteiger partial charge in [-0.15, -0.1) is 0 Å². The molecule has 2 aromatic rings. The van der Waals surface area contributed by atoms with Crippen LogP contribution in [0.15, 0.2) is 18.3 Å². The van der Waals surface area contributed by atoms with Gasteiger partial charge < -0.3 is 19.3 Å². The molecule has 2 unspecified atom stereocenters. The van der Waals surface area contributed by atoms with Crippen LogP contribution < -0.4 is 9.80 Å². The first-order valence-corrected chi connectivity index (χ1v) is 9.46. The molecule has 4 heterocycles. The molecular weight excluding hydrogens is 330 g/mol. The fourth-order valence-corrected chi connectivity index (χ4v) is 3.95. The summed E-state index contributed by atoms with van der Waals surface area (Å²) in [7, 11) is 3.58. The summed E-state index contributed by atoms with van der Waals surface area (Å²) in [5, 5.41) is 0. The Morgan fingerprint density at radius 3 is 2.15 bits per heavy atom. The van der Waals surface area contributed by atoms with E-state index in [-0.39, 0.29) is 12.2 Å². The predicted octanol–water partition coefficient (Wildman–Crippen LogP) is 2.26. The van der Waals surface area contributed by atoms with Crippen LogP contribution in [0.5, 0.6) is 0 Å². The molecule has 0 saturated carbocycles. The molecule has 0 aromatic carbocycles. The van der Waals surface area contributed by atoms with E-state index in [2.05, 4.69) is 14.8 Å². The van der Waals surface area contributed by atoms with E-state index in [0.29, 0.717) is 5.65 Å². The summed E-state index contributed by atoms with van der Waals surface area (Å²) in [5.74, 6) is 1.87. The number of rotatable bonds is 4. The summed E-state index contributed by atoms with van der Waals surface area (Å²) in [6.45, 7) is 3.65. The molecule has 0 spiro atoms. The number of anilines is 2. The fourth-order valence-electron chi connectivity index (χ4n) is 3.95. The van der Waals surface area contributed by atoms with Crippen LogP contribution in [0.3, 0.4) is 0 Å². The second-order valence-corrected chi connectivity index (χ2v) is 7.11. The van der Waals surface area contributed by atoms with Crippen molar-refractivity contribution in [3.05, 3.63) is 18.3 Å². The molecule has 140 valence electrons. The Labute approximate surface area is 154 Å². The van der Waals surface area contributed by atoms with Gasteiger partial charge in [-0.1, -0.05) is 0 Å². The van der Waals surface area contributed by atoms with Gasteiger partial charge in [-0.25, -0.2) is 15.0 Å². The number of ether oxygens (including phenoxy) is 2. The van der Waals surface area contributed by atoms with Crippen LogP contribution in [-0.4, -0.2) is 67.6 Å². The molecule has 2 saturated heterocycles. The third-order valence-corrected chi connectivity index (χ3v) is 5.43. The van der Waals surface area contributed by atoms with Gasteiger partial charge in [0.25, 0.3) is 0 Å². The van der Waals surface area contributed by atoms with Gasteiger partial charge in [0.05, 0.1) is 12.2 Å². The van der Waals surface area contributed by atoms with Crippen LogP contribution in [0.1, 0.15) is 25.7 Å². The zero-order valence-electron chi connectivity index (χ0n) is 15.6. The van der Waals surface area contributed by atoms with E-state index in [1.807, 2.05) is 12.1 Å². The van der Waals surface area contributed by atoms with Crippen LogP contribution in [-0.2, 0) is 9.47 Å². The van der Waals surface area contributed by atoms with Crippen molar-refractivity contribution < 1.29 is 9.47 Å². The molecule has 26 heavy (non-hydrogen) atoms. The monoisotopic (exact) mass is 357 g/mol. The van der Waals surface area contributed by atoms with Crippen LogP contribution in [0.4, 0.5) is 11.6 Å². The third kappa shape index (κ3) is 3.46. The van der Waals surface area contributed by atoms with Gasteiger partial charge in [-0.2, -0.15) is 0 Å². The predicted molar refractivity (Wildman–Crippen MR) is 102 cm³/mol. The average molecular weight is 357 g/mol. The summed E-state index contributed by atoms with van der Waals surface area (Å²) in [5.41, 5.74) is 1.54. The second kappa shape index (κ2) is 7.72. The van der Waals surface area contributed by atoms with Crippen molar-refractivity contribution in [2.75, 3.05) is 50.2 Å². The first-order chi connectivity index (χ1) is 12.8. The van der Waals surface area contributed by atoms with E-state index < -0.39 is 0 Å². The van der Waals surface area contributed by atoms with Crippen LogP contribution in [0.2, 0.25) is 0 Å². The Balaban J connectivity index is 1.74. The number of piperidine rings is 2. The van der Waals surface area contributed by atoms with Gasteiger partial charge in [0, 0.05) is 46.6 Å². The Kier molecular flexibility index (Phi) is 5.17. The van der Waals surface area contributed by atoms with Crippen molar-refractivity contribution in [2.45, 2.75) is 37.9 Å². The first kappa shape index (κ1) is 17.4. The molecule has 0 amide bonds. The smallest absolute Gasteiger partial charge is 0.180 e. The standard InChI is InChI=1S/C19H27N5O2/c1-25-14-6-4-10-23(12-14)18-19(24-11-5-7-15(13-24)26-2)22-17-16(21-18)8-3-9-20-17/h3,8-9,14-15H,4-7,10-13H2,1-2H3. The largest absolute Gasteiger partial charge is 0.380 e. The minimum absolute atomic E-state index is 0.242. The lowest BCUT2D eigenvalue weighted by Gasteiger charge is -2.37. The quantitative estimate of drug-likeness (QED) is 0.831. The minimum atomic E-state index is 0.242. The molecule has 2 aromatic heterocycles. The summed E-state index contributed by atoms with van der Waals surface area (Å²) < 4.78 is 11.2. The van der Waals surface area contributed by atoms with Gasteiger partial charge in [0.2, 0.25) is 0 Å². The van der Waals surface area contributed by atoms with Crippen molar-refractivity contribution in [3.8, 4) is 0 Å². The van der Waals surface area contributed by atoms with Crippen molar-refractivity contribution >= 4 is 22.8 Å². The molecule has 2 atom stereocenters. The van der Waals surface area contributed by atoms with E-state index in [0.717, 1.165) is 69.0 Å². The minimum Gasteiger partial charge on any atom is -0.380 e. The summed E-state index contributed by atoms with van der Waals surface area (Å²) in [6, 6.07) is 3.89. The highest BCUT2D eigenvalue weighted by Gasteiger charge is 2.28. The van der Waals surface area contributed by atoms with Crippen molar-refractivity contribution in [2.24, 2.45) is 0 Å². The van der Waals surface area contributed by atoms with E-state index in [4.69, 9.17) is 19.4 Å². The molecular formula is C19H27N5O2. The zero-order chi connectivity index (χ0) is 17.9. The lowest BCUT2D eigenvalue weighted by atomic mass is 10.1. The average Bonchev–Trinajstić information content (AvgIpc) is 2.73. The van der Waals surface area contributed by atoms with Crippen LogP contribution >= 0.6 is 0 Å².